The van der Waals surface area contributed by atoms with Crippen LogP contribution in [0.4, 0.5) is 17.6 Å². The van der Waals surface area contributed by atoms with E-state index in [-0.39, 0.29) is 5.41 Å². The van der Waals surface area contributed by atoms with Gasteiger partial charge in [-0.3, -0.25) is 0 Å². The molecule has 0 aromatic heterocycles. The number of fused-ring (bicyclic) bond motifs is 5. The van der Waals surface area contributed by atoms with Crippen molar-refractivity contribution < 1.29 is 27.1 Å². The number of esters is 1. The molecule has 0 spiro atoms. The van der Waals surface area contributed by atoms with Crippen LogP contribution in [0.5, 0.6) is 0 Å². The second-order valence-corrected chi connectivity index (χ2v) is 17.5. The lowest BCUT2D eigenvalue weighted by molar-refractivity contribution is -0.0595. The third-order valence-corrected chi connectivity index (χ3v) is 14.8. The van der Waals surface area contributed by atoms with Crippen molar-refractivity contribution >= 4 is 5.97 Å². The monoisotopic (exact) mass is 728 g/mol. The molecule has 0 radical (unpaired) electrons. The summed E-state index contributed by atoms with van der Waals surface area (Å²) in [5.74, 6) is -5.44. The molecular formula is C47H56F4O2. The first-order valence-corrected chi connectivity index (χ1v) is 20.3. The number of hydrogen-bond acceptors (Lipinski definition) is 2. The largest absolute Gasteiger partial charge is 0.458 e. The third-order valence-electron chi connectivity index (χ3n) is 14.8. The first-order chi connectivity index (χ1) is 25.4. The number of rotatable bonds is 10. The van der Waals surface area contributed by atoms with E-state index in [0.717, 1.165) is 41.7 Å². The Morgan fingerprint density at radius 2 is 1.49 bits per heavy atom. The Hall–Kier alpha value is -3.41. The van der Waals surface area contributed by atoms with Crippen LogP contribution in [-0.2, 0) is 4.74 Å². The van der Waals surface area contributed by atoms with E-state index >= 15 is 17.6 Å². The van der Waals surface area contributed by atoms with Crippen LogP contribution in [0, 0.1) is 63.7 Å². The number of unbranched alkanes of at least 4 members (excludes halogenated alkanes) is 2. The smallest absolute Gasteiger partial charge is 0.344 e. The van der Waals surface area contributed by atoms with Crippen molar-refractivity contribution in [3.05, 3.63) is 106 Å². The molecule has 0 unspecified atom stereocenters. The number of ether oxygens (including phenoxy) is 1. The molecule has 0 N–H and O–H groups in total. The molecule has 2 nitrogen and oxygen atoms in total. The van der Waals surface area contributed by atoms with E-state index in [2.05, 4.69) is 33.8 Å². The Morgan fingerprint density at radius 3 is 2.17 bits per heavy atom. The van der Waals surface area contributed by atoms with E-state index in [1.54, 1.807) is 24.3 Å². The first-order valence-electron chi connectivity index (χ1n) is 20.3. The van der Waals surface area contributed by atoms with Crippen molar-refractivity contribution in [1.29, 1.82) is 0 Å². The van der Waals surface area contributed by atoms with Crippen LogP contribution in [0.3, 0.4) is 0 Å². The minimum Gasteiger partial charge on any atom is -0.458 e. The van der Waals surface area contributed by atoms with Gasteiger partial charge in [-0.05, 0) is 102 Å². The molecule has 9 atom stereocenters. The van der Waals surface area contributed by atoms with Crippen molar-refractivity contribution in [2.24, 2.45) is 40.4 Å². The van der Waals surface area contributed by atoms with E-state index in [4.69, 9.17) is 4.74 Å². The summed E-state index contributed by atoms with van der Waals surface area (Å²) >= 11 is 0. The van der Waals surface area contributed by atoms with Gasteiger partial charge >= 0.3 is 5.97 Å². The average molecular weight is 729 g/mol. The van der Waals surface area contributed by atoms with Gasteiger partial charge in [0, 0.05) is 17.9 Å². The summed E-state index contributed by atoms with van der Waals surface area (Å²) < 4.78 is 68.1. The normalized spacial score (nSPS) is 30.4. The first kappa shape index (κ1) is 37.9. The summed E-state index contributed by atoms with van der Waals surface area (Å²) in [7, 11) is 0. The zero-order valence-corrected chi connectivity index (χ0v) is 32.1. The maximum atomic E-state index is 15.6. The maximum Gasteiger partial charge on any atom is 0.344 e. The van der Waals surface area contributed by atoms with E-state index < -0.39 is 52.4 Å². The molecule has 3 fully saturated rings. The van der Waals surface area contributed by atoms with Crippen LogP contribution < -0.4 is 0 Å². The molecule has 0 amide bonds. The molecule has 3 saturated carbocycles. The van der Waals surface area contributed by atoms with Gasteiger partial charge < -0.3 is 4.74 Å². The number of allylic oxidation sites excluding steroid dienone is 1. The fraction of sp³-hybridized carbons (Fsp3) is 0.553. The predicted molar refractivity (Wildman–Crippen MR) is 203 cm³/mol. The van der Waals surface area contributed by atoms with Gasteiger partial charge in [0.2, 0.25) is 0 Å². The summed E-state index contributed by atoms with van der Waals surface area (Å²) in [4.78, 5) is 13.3. The Kier molecular flexibility index (Phi) is 10.7. The summed E-state index contributed by atoms with van der Waals surface area (Å²) in [6.45, 7) is 11.2. The number of benzene rings is 3. The fourth-order valence-corrected chi connectivity index (χ4v) is 11.8. The second kappa shape index (κ2) is 15.0. The number of carbonyl (C=O) groups excluding carboxylic acids is 1. The minimum atomic E-state index is -1.71. The average Bonchev–Trinajstić information content (AvgIpc) is 3.52. The molecule has 3 aromatic carbocycles. The predicted octanol–water partition coefficient (Wildman–Crippen LogP) is 13.4. The Balaban J connectivity index is 1.04. The van der Waals surface area contributed by atoms with Crippen molar-refractivity contribution in [3.8, 4) is 11.1 Å². The molecule has 53 heavy (non-hydrogen) atoms. The molecule has 0 bridgehead atoms. The quantitative estimate of drug-likeness (QED) is 0.0683. The standard InChI is InChI=1S/C47H56F4O2/c1-6-7-9-12-28(2)36-21-22-37-35-20-19-33-27-34(23-25-46(33,4)38(35)24-26-47(36,37)5)53-45(52)40-43(50)41(48)39(42(49)44(40)51)29(3)30-15-17-32(18-16-30)31-13-10-8-11-14-31/h8,10-11,13-19,28-29,34-38H,6-7,9,12,20-27H2,1-5H3/t28-,29-,34+,35+,36-,37+,38+,46+,47-/m1/s1. The SMILES string of the molecule is CCCCC[C@@H](C)[C@H]1CC[C@H]2[C@@H]3CC=C4C[C@@H](OC(=O)c5c(F)c(F)c([C@H](C)c6ccc(-c7ccccc7)cc6)c(F)c5F)CC[C@]4(C)[C@H]3CC[C@]12C. The third kappa shape index (κ3) is 6.69. The lowest BCUT2D eigenvalue weighted by atomic mass is 9.47. The second-order valence-electron chi connectivity index (χ2n) is 17.5. The van der Waals surface area contributed by atoms with Gasteiger partial charge in [0.1, 0.15) is 11.7 Å². The Morgan fingerprint density at radius 1 is 0.811 bits per heavy atom. The van der Waals surface area contributed by atoms with Crippen LogP contribution in [0.1, 0.15) is 139 Å². The van der Waals surface area contributed by atoms with E-state index in [0.29, 0.717) is 35.7 Å². The molecule has 4 aliphatic carbocycles. The maximum absolute atomic E-state index is 15.6. The lowest BCUT2D eigenvalue weighted by Crippen LogP contribution is -2.51. The van der Waals surface area contributed by atoms with Crippen LogP contribution >= 0.6 is 0 Å². The van der Waals surface area contributed by atoms with E-state index in [9.17, 15) is 4.79 Å². The van der Waals surface area contributed by atoms with E-state index in [1.165, 1.54) is 63.9 Å². The van der Waals surface area contributed by atoms with Gasteiger partial charge in [0.15, 0.2) is 23.3 Å². The van der Waals surface area contributed by atoms with Crippen LogP contribution in [0.25, 0.3) is 11.1 Å². The molecular weight excluding hydrogens is 673 g/mol. The van der Waals surface area contributed by atoms with Gasteiger partial charge in [-0.1, -0.05) is 127 Å². The summed E-state index contributed by atoms with van der Waals surface area (Å²) in [5.41, 5.74) is 1.94. The van der Waals surface area contributed by atoms with Crippen LogP contribution in [-0.4, -0.2) is 12.1 Å². The van der Waals surface area contributed by atoms with Crippen molar-refractivity contribution in [1.82, 2.24) is 0 Å². The van der Waals surface area contributed by atoms with Gasteiger partial charge in [-0.2, -0.15) is 0 Å². The van der Waals surface area contributed by atoms with Crippen LogP contribution in [0.2, 0.25) is 0 Å². The number of carbonyl (C=O) groups is 1. The molecule has 6 heteroatoms. The zero-order valence-electron chi connectivity index (χ0n) is 32.1. The van der Waals surface area contributed by atoms with Gasteiger partial charge in [-0.15, -0.1) is 0 Å². The Labute approximate surface area is 313 Å². The topological polar surface area (TPSA) is 26.3 Å². The summed E-state index contributed by atoms with van der Waals surface area (Å²) in [6, 6.07) is 16.6. The molecule has 0 heterocycles. The molecule has 3 aromatic rings. The van der Waals surface area contributed by atoms with Gasteiger partial charge in [0.25, 0.3) is 0 Å². The van der Waals surface area contributed by atoms with Crippen molar-refractivity contribution in [2.45, 2.75) is 124 Å². The fourth-order valence-electron chi connectivity index (χ4n) is 11.8. The minimum absolute atomic E-state index is 0.0101. The van der Waals surface area contributed by atoms with Crippen LogP contribution in [0.15, 0.2) is 66.2 Å². The highest BCUT2D eigenvalue weighted by Crippen LogP contribution is 2.67. The number of hydrogen-bond donors (Lipinski definition) is 0. The molecule has 7 rings (SSSR count). The highest BCUT2D eigenvalue weighted by Gasteiger charge is 2.59. The van der Waals surface area contributed by atoms with Crippen molar-refractivity contribution in [2.75, 3.05) is 0 Å². The summed E-state index contributed by atoms with van der Waals surface area (Å²) in [5, 5.41) is 0. The van der Waals surface area contributed by atoms with Gasteiger partial charge in [-0.25, -0.2) is 22.4 Å². The zero-order chi connectivity index (χ0) is 37.7. The highest BCUT2D eigenvalue weighted by molar-refractivity contribution is 5.90. The Bertz CT molecular complexity index is 1810. The molecule has 4 aliphatic rings. The lowest BCUT2D eigenvalue weighted by Gasteiger charge is -2.58. The summed E-state index contributed by atoms with van der Waals surface area (Å²) in [6.07, 6.45) is 14.9. The van der Waals surface area contributed by atoms with E-state index in [1.807, 2.05) is 30.3 Å². The van der Waals surface area contributed by atoms with Gasteiger partial charge in [0.05, 0.1) is 0 Å². The molecule has 284 valence electrons. The van der Waals surface area contributed by atoms with Crippen molar-refractivity contribution in [3.63, 3.8) is 0 Å². The molecule has 0 aliphatic heterocycles. The highest BCUT2D eigenvalue weighted by atomic mass is 19.2. The molecule has 0 saturated heterocycles. The number of halogens is 4.